The van der Waals surface area contributed by atoms with Gasteiger partial charge in [-0.25, -0.2) is 9.37 Å². The summed E-state index contributed by atoms with van der Waals surface area (Å²) in [5.74, 6) is 1.32. The monoisotopic (exact) mass is 501 g/mol. The van der Waals surface area contributed by atoms with Crippen LogP contribution in [-0.4, -0.2) is 35.7 Å². The van der Waals surface area contributed by atoms with Gasteiger partial charge in [0.1, 0.15) is 0 Å². The summed E-state index contributed by atoms with van der Waals surface area (Å²) in [4.78, 5) is 8.27. The number of nitrogens with zero attached hydrogens (tertiary/aromatic N) is 3. The van der Waals surface area contributed by atoms with Crippen LogP contribution in [0.5, 0.6) is 5.75 Å². The molecule has 1 aromatic carbocycles. The maximum absolute atomic E-state index is 14.3. The van der Waals surface area contributed by atoms with E-state index in [0.717, 1.165) is 25.1 Å². The molecule has 2 aromatic rings. The zero-order valence-electron chi connectivity index (χ0n) is 16.4. The SMILES string of the molecule is CN=C(NCCCn1ccnc1)NC(C)c1ccc(OCC2CC2)c(F)c1.I. The summed E-state index contributed by atoms with van der Waals surface area (Å²) in [5, 5.41) is 6.58. The Labute approximate surface area is 183 Å². The molecule has 0 bridgehead atoms. The highest BCUT2D eigenvalue weighted by Gasteiger charge is 2.22. The van der Waals surface area contributed by atoms with E-state index in [4.69, 9.17) is 4.74 Å². The lowest BCUT2D eigenvalue weighted by atomic mass is 10.1. The lowest BCUT2D eigenvalue weighted by Gasteiger charge is -2.19. The first-order chi connectivity index (χ1) is 13.2. The number of rotatable bonds is 9. The summed E-state index contributed by atoms with van der Waals surface area (Å²) in [5.41, 5.74) is 0.854. The van der Waals surface area contributed by atoms with Crippen LogP contribution in [-0.2, 0) is 6.54 Å². The Morgan fingerprint density at radius 2 is 2.25 bits per heavy atom. The van der Waals surface area contributed by atoms with Crippen molar-refractivity contribution in [3.05, 3.63) is 48.3 Å². The van der Waals surface area contributed by atoms with E-state index >= 15 is 0 Å². The van der Waals surface area contributed by atoms with Crippen LogP contribution >= 0.6 is 24.0 Å². The number of ether oxygens (including phenoxy) is 1. The Balaban J connectivity index is 0.00000280. The maximum atomic E-state index is 14.3. The van der Waals surface area contributed by atoms with E-state index in [1.165, 1.54) is 18.9 Å². The molecule has 6 nitrogen and oxygen atoms in total. The van der Waals surface area contributed by atoms with Gasteiger partial charge in [0.05, 0.1) is 19.0 Å². The van der Waals surface area contributed by atoms with Crippen molar-refractivity contribution in [3.63, 3.8) is 0 Å². The van der Waals surface area contributed by atoms with E-state index in [-0.39, 0.29) is 35.8 Å². The van der Waals surface area contributed by atoms with Crippen molar-refractivity contribution < 1.29 is 9.13 Å². The molecular formula is C20H29FIN5O. The largest absolute Gasteiger partial charge is 0.490 e. The first-order valence-corrected chi connectivity index (χ1v) is 9.51. The molecule has 1 fully saturated rings. The van der Waals surface area contributed by atoms with Crippen molar-refractivity contribution in [1.29, 1.82) is 0 Å². The fourth-order valence-electron chi connectivity index (χ4n) is 2.77. The van der Waals surface area contributed by atoms with Crippen LogP contribution in [0.15, 0.2) is 41.9 Å². The Hall–Kier alpha value is -1.84. The second-order valence-electron chi connectivity index (χ2n) is 6.96. The number of aryl methyl sites for hydroxylation is 1. The van der Waals surface area contributed by atoms with Crippen LogP contribution < -0.4 is 15.4 Å². The first kappa shape index (κ1) is 22.4. The lowest BCUT2D eigenvalue weighted by Crippen LogP contribution is -2.39. The topological polar surface area (TPSA) is 63.5 Å². The normalized spacial score (nSPS) is 14.9. The minimum Gasteiger partial charge on any atom is -0.490 e. The van der Waals surface area contributed by atoms with E-state index < -0.39 is 0 Å². The van der Waals surface area contributed by atoms with Gasteiger partial charge in [-0.3, -0.25) is 4.99 Å². The number of halogens is 2. The third-order valence-electron chi connectivity index (χ3n) is 4.65. The van der Waals surface area contributed by atoms with Crippen LogP contribution in [0.2, 0.25) is 0 Å². The number of imidazole rings is 1. The predicted octanol–water partition coefficient (Wildman–Crippen LogP) is 3.75. The van der Waals surface area contributed by atoms with E-state index in [1.54, 1.807) is 19.3 Å². The molecule has 1 aliphatic carbocycles. The van der Waals surface area contributed by atoms with Gasteiger partial charge in [-0.05, 0) is 49.8 Å². The van der Waals surface area contributed by atoms with Gasteiger partial charge in [-0.2, -0.15) is 0 Å². The maximum Gasteiger partial charge on any atom is 0.191 e. The average molecular weight is 501 g/mol. The standard InChI is InChI=1S/C20H28FN5O.HI/c1-15(17-6-7-19(18(21)12-17)27-13-16-4-5-16)25-20(22-2)24-8-3-10-26-11-9-23-14-26;/h6-7,9,11-12,14-16H,3-5,8,10,13H2,1-2H3,(H2,22,24,25);1H. The third-order valence-corrected chi connectivity index (χ3v) is 4.65. The summed E-state index contributed by atoms with van der Waals surface area (Å²) in [7, 11) is 1.73. The van der Waals surface area contributed by atoms with Crippen molar-refractivity contribution in [1.82, 2.24) is 20.2 Å². The van der Waals surface area contributed by atoms with E-state index in [9.17, 15) is 4.39 Å². The highest BCUT2D eigenvalue weighted by Crippen LogP contribution is 2.30. The van der Waals surface area contributed by atoms with Crippen LogP contribution in [0, 0.1) is 11.7 Å². The molecule has 1 aliphatic rings. The van der Waals surface area contributed by atoms with Gasteiger partial charge in [-0.15, -0.1) is 24.0 Å². The zero-order chi connectivity index (χ0) is 19.1. The van der Waals surface area contributed by atoms with Gasteiger partial charge in [0.25, 0.3) is 0 Å². The molecule has 0 spiro atoms. The van der Waals surface area contributed by atoms with E-state index in [2.05, 4.69) is 20.6 Å². The minimum atomic E-state index is -0.315. The Kier molecular flexibility index (Phi) is 9.01. The van der Waals surface area contributed by atoms with E-state index in [0.29, 0.717) is 24.2 Å². The number of hydrogen-bond acceptors (Lipinski definition) is 3. The summed E-state index contributed by atoms with van der Waals surface area (Å²) in [6.07, 6.45) is 8.86. The summed E-state index contributed by atoms with van der Waals surface area (Å²) < 4.78 is 21.9. The molecule has 0 saturated heterocycles. The summed E-state index contributed by atoms with van der Waals surface area (Å²) in [6, 6.07) is 5.07. The molecule has 1 unspecified atom stereocenters. The Bertz CT molecular complexity index is 749. The number of benzene rings is 1. The molecule has 1 aromatic heterocycles. The fraction of sp³-hybridized carbons (Fsp3) is 0.500. The van der Waals surface area contributed by atoms with Crippen LogP contribution in [0.1, 0.15) is 37.8 Å². The molecule has 0 radical (unpaired) electrons. The Morgan fingerprint density at radius 3 is 2.89 bits per heavy atom. The number of aliphatic imine (C=N–C) groups is 1. The highest BCUT2D eigenvalue weighted by atomic mass is 127. The lowest BCUT2D eigenvalue weighted by molar-refractivity contribution is 0.285. The molecule has 1 heterocycles. The van der Waals surface area contributed by atoms with E-state index in [1.807, 2.05) is 30.1 Å². The number of aromatic nitrogens is 2. The minimum absolute atomic E-state index is 0. The van der Waals surface area contributed by atoms with Crippen LogP contribution in [0.4, 0.5) is 4.39 Å². The molecular weight excluding hydrogens is 472 g/mol. The number of hydrogen-bond donors (Lipinski definition) is 2. The molecule has 1 atom stereocenters. The van der Waals surface area contributed by atoms with Crippen molar-refractivity contribution in [2.75, 3.05) is 20.2 Å². The Morgan fingerprint density at radius 1 is 1.43 bits per heavy atom. The number of nitrogens with one attached hydrogen (secondary N) is 2. The molecule has 8 heteroatoms. The van der Waals surface area contributed by atoms with Crippen molar-refractivity contribution >= 4 is 29.9 Å². The zero-order valence-corrected chi connectivity index (χ0v) is 18.7. The molecule has 154 valence electrons. The fourth-order valence-corrected chi connectivity index (χ4v) is 2.77. The van der Waals surface area contributed by atoms with Crippen LogP contribution in [0.3, 0.4) is 0 Å². The van der Waals surface area contributed by atoms with Gasteiger partial charge in [-0.1, -0.05) is 6.07 Å². The summed E-state index contributed by atoms with van der Waals surface area (Å²) >= 11 is 0. The van der Waals surface area contributed by atoms with Crippen LogP contribution in [0.25, 0.3) is 0 Å². The summed E-state index contributed by atoms with van der Waals surface area (Å²) in [6.45, 7) is 4.28. The molecule has 2 N–H and O–H groups in total. The van der Waals surface area contributed by atoms with Gasteiger partial charge < -0.3 is 19.9 Å². The van der Waals surface area contributed by atoms with Crippen molar-refractivity contribution in [2.24, 2.45) is 10.9 Å². The number of guanidine groups is 1. The molecule has 1 saturated carbocycles. The smallest absolute Gasteiger partial charge is 0.191 e. The van der Waals surface area contributed by atoms with Gasteiger partial charge in [0.2, 0.25) is 0 Å². The highest BCUT2D eigenvalue weighted by molar-refractivity contribution is 14.0. The van der Waals surface area contributed by atoms with Gasteiger partial charge in [0, 0.05) is 32.5 Å². The molecule has 3 rings (SSSR count). The molecule has 0 amide bonds. The third kappa shape index (κ3) is 6.96. The second-order valence-corrected chi connectivity index (χ2v) is 6.96. The van der Waals surface area contributed by atoms with Crippen molar-refractivity contribution in [2.45, 2.75) is 38.8 Å². The first-order valence-electron chi connectivity index (χ1n) is 9.51. The van der Waals surface area contributed by atoms with Gasteiger partial charge in [0.15, 0.2) is 17.5 Å². The molecule has 0 aliphatic heterocycles. The predicted molar refractivity (Wildman–Crippen MR) is 120 cm³/mol. The van der Waals surface area contributed by atoms with Crippen molar-refractivity contribution in [3.8, 4) is 5.75 Å². The average Bonchev–Trinajstić information content (AvgIpc) is 3.36. The van der Waals surface area contributed by atoms with Gasteiger partial charge >= 0.3 is 0 Å². The quantitative estimate of drug-likeness (QED) is 0.238. The second kappa shape index (κ2) is 11.2. The molecule has 28 heavy (non-hydrogen) atoms.